The molecule has 0 saturated heterocycles. The first-order chi connectivity index (χ1) is 30.7. The van der Waals surface area contributed by atoms with Crippen LogP contribution in [-0.4, -0.2) is 0 Å². The Labute approximate surface area is 365 Å². The summed E-state index contributed by atoms with van der Waals surface area (Å²) in [5, 5.41) is 9.59. The van der Waals surface area contributed by atoms with Crippen LogP contribution in [0.4, 0.5) is 17.1 Å². The molecule has 10 aromatic carbocycles. The second kappa shape index (κ2) is 14.0. The Kier molecular flexibility index (Phi) is 7.99. The minimum absolute atomic E-state index is 0.857. The molecule has 13 aromatic rings. The summed E-state index contributed by atoms with van der Waals surface area (Å²) in [6.45, 7) is 0. The zero-order valence-electron chi connectivity index (χ0n) is 33.4. The van der Waals surface area contributed by atoms with Crippen molar-refractivity contribution >= 4 is 113 Å². The molecule has 2 nitrogen and oxygen atoms in total. The SMILES string of the molecule is c1ccc(-c2ccc(N(c3cccc4c3sc3ccccc34)c3c(-c4cccc(-c5cccc6c5sc5ccccc56)c4)ccc4oc5c6ccccc6ccc5c34)cc2)cc1. The van der Waals surface area contributed by atoms with Gasteiger partial charge in [0.2, 0.25) is 0 Å². The lowest BCUT2D eigenvalue weighted by Crippen LogP contribution is -2.12. The zero-order valence-corrected chi connectivity index (χ0v) is 35.0. The molecule has 0 unspecified atom stereocenters. The molecular formula is C58H35NOS2. The molecule has 3 heterocycles. The third kappa shape index (κ3) is 5.47. The Hall–Kier alpha value is -7.50. The van der Waals surface area contributed by atoms with Crippen LogP contribution in [-0.2, 0) is 0 Å². The molecule has 0 atom stereocenters. The molecule has 0 spiro atoms. The first-order valence-corrected chi connectivity index (χ1v) is 22.6. The van der Waals surface area contributed by atoms with E-state index in [0.29, 0.717) is 0 Å². The fourth-order valence-electron chi connectivity index (χ4n) is 9.60. The van der Waals surface area contributed by atoms with Crippen molar-refractivity contribution in [2.45, 2.75) is 0 Å². The number of benzene rings is 10. The summed E-state index contributed by atoms with van der Waals surface area (Å²) in [5.41, 5.74) is 12.1. The first kappa shape index (κ1) is 35.3. The van der Waals surface area contributed by atoms with Crippen LogP contribution in [0.25, 0.3) is 106 Å². The highest BCUT2D eigenvalue weighted by molar-refractivity contribution is 7.26. The van der Waals surface area contributed by atoms with E-state index >= 15 is 0 Å². The lowest BCUT2D eigenvalue weighted by molar-refractivity contribution is 0.673. The Balaban J connectivity index is 1.12. The number of hydrogen-bond donors (Lipinski definition) is 0. The second-order valence-electron chi connectivity index (χ2n) is 16.0. The van der Waals surface area contributed by atoms with Crippen molar-refractivity contribution in [3.8, 4) is 33.4 Å². The molecule has 0 saturated carbocycles. The smallest absolute Gasteiger partial charge is 0.143 e. The van der Waals surface area contributed by atoms with Gasteiger partial charge in [-0.05, 0) is 87.8 Å². The van der Waals surface area contributed by atoms with Crippen molar-refractivity contribution < 1.29 is 4.42 Å². The highest BCUT2D eigenvalue weighted by Gasteiger charge is 2.27. The van der Waals surface area contributed by atoms with Gasteiger partial charge < -0.3 is 9.32 Å². The number of furan rings is 1. The molecule has 13 rings (SSSR count). The molecule has 0 radical (unpaired) electrons. The summed E-state index contributed by atoms with van der Waals surface area (Å²) < 4.78 is 12.1. The van der Waals surface area contributed by atoms with Gasteiger partial charge in [0.1, 0.15) is 11.2 Å². The molecule has 62 heavy (non-hydrogen) atoms. The van der Waals surface area contributed by atoms with E-state index in [2.05, 4.69) is 217 Å². The van der Waals surface area contributed by atoms with Crippen LogP contribution in [0.3, 0.4) is 0 Å². The van der Waals surface area contributed by atoms with Gasteiger partial charge >= 0.3 is 0 Å². The summed E-state index contributed by atoms with van der Waals surface area (Å²) in [6.07, 6.45) is 0. The van der Waals surface area contributed by atoms with Gasteiger partial charge in [-0.1, -0.05) is 158 Å². The highest BCUT2D eigenvalue weighted by Crippen LogP contribution is 2.52. The summed E-state index contributed by atoms with van der Waals surface area (Å²) in [7, 11) is 0. The Morgan fingerprint density at radius 1 is 0.371 bits per heavy atom. The van der Waals surface area contributed by atoms with Crippen molar-refractivity contribution in [1.29, 1.82) is 0 Å². The fraction of sp³-hybridized carbons (Fsp3) is 0. The Bertz CT molecular complexity index is 3870. The summed E-state index contributed by atoms with van der Waals surface area (Å²) >= 11 is 3.73. The Morgan fingerprint density at radius 3 is 1.76 bits per heavy atom. The monoisotopic (exact) mass is 825 g/mol. The molecule has 0 N–H and O–H groups in total. The van der Waals surface area contributed by atoms with E-state index in [-0.39, 0.29) is 0 Å². The van der Waals surface area contributed by atoms with E-state index in [4.69, 9.17) is 4.42 Å². The third-order valence-electron chi connectivity index (χ3n) is 12.5. The average molecular weight is 826 g/mol. The van der Waals surface area contributed by atoms with Crippen LogP contribution in [0.5, 0.6) is 0 Å². The minimum atomic E-state index is 0.857. The van der Waals surface area contributed by atoms with Gasteiger partial charge in [0.25, 0.3) is 0 Å². The van der Waals surface area contributed by atoms with Crippen LogP contribution < -0.4 is 4.90 Å². The van der Waals surface area contributed by atoms with E-state index in [0.717, 1.165) is 60.9 Å². The fourth-order valence-corrected chi connectivity index (χ4v) is 12.0. The van der Waals surface area contributed by atoms with Crippen molar-refractivity contribution in [2.24, 2.45) is 0 Å². The topological polar surface area (TPSA) is 16.4 Å². The standard InChI is InChI=1S/C58H35NOS2/c1-2-13-36(14-3-1)37-27-30-41(31-28-37)59(50-24-12-23-48-46-20-7-9-26-53(46)62-58(48)50)55-42(33-34-51-54(55)49-32-29-38-15-4-5-18-43(38)56(49)60-51)39-16-10-17-40(35-39)44-21-11-22-47-45-19-6-8-25-52(45)61-57(44)47/h1-35H. The van der Waals surface area contributed by atoms with Gasteiger partial charge in [-0.15, -0.1) is 22.7 Å². The Morgan fingerprint density at radius 2 is 0.968 bits per heavy atom. The predicted octanol–water partition coefficient (Wildman–Crippen LogP) is 17.9. The molecule has 0 aliphatic rings. The normalized spacial score (nSPS) is 11.9. The van der Waals surface area contributed by atoms with Crippen molar-refractivity contribution in [1.82, 2.24) is 0 Å². The van der Waals surface area contributed by atoms with Gasteiger partial charge in [0, 0.05) is 57.7 Å². The van der Waals surface area contributed by atoms with E-state index in [1.807, 2.05) is 22.7 Å². The minimum Gasteiger partial charge on any atom is -0.455 e. The molecule has 0 fully saturated rings. The lowest BCUT2D eigenvalue weighted by Gasteiger charge is -2.29. The van der Waals surface area contributed by atoms with Crippen LogP contribution in [0.15, 0.2) is 217 Å². The lowest BCUT2D eigenvalue weighted by atomic mass is 9.94. The quantitative estimate of drug-likeness (QED) is 0.166. The summed E-state index contributed by atoms with van der Waals surface area (Å²) in [6, 6.07) is 77.4. The third-order valence-corrected chi connectivity index (χ3v) is 14.9. The number of thiophene rings is 2. The molecule has 4 heteroatoms. The maximum atomic E-state index is 6.98. The van der Waals surface area contributed by atoms with Gasteiger partial charge in [-0.25, -0.2) is 0 Å². The van der Waals surface area contributed by atoms with E-state index in [1.54, 1.807) is 0 Å². The molecule has 0 bridgehead atoms. The highest BCUT2D eigenvalue weighted by atomic mass is 32.1. The number of nitrogens with zero attached hydrogens (tertiary/aromatic N) is 1. The zero-order chi connectivity index (χ0) is 40.7. The van der Waals surface area contributed by atoms with Crippen LogP contribution >= 0.6 is 22.7 Å². The van der Waals surface area contributed by atoms with E-state index < -0.39 is 0 Å². The predicted molar refractivity (Wildman–Crippen MR) is 268 cm³/mol. The van der Waals surface area contributed by atoms with E-state index in [9.17, 15) is 0 Å². The molecule has 290 valence electrons. The van der Waals surface area contributed by atoms with Gasteiger partial charge in [-0.2, -0.15) is 0 Å². The van der Waals surface area contributed by atoms with Gasteiger partial charge in [0.05, 0.1) is 21.5 Å². The molecule has 0 aliphatic carbocycles. The van der Waals surface area contributed by atoms with Crippen molar-refractivity contribution in [2.75, 3.05) is 4.90 Å². The maximum Gasteiger partial charge on any atom is 0.143 e. The van der Waals surface area contributed by atoms with Crippen molar-refractivity contribution in [3.63, 3.8) is 0 Å². The van der Waals surface area contributed by atoms with E-state index in [1.165, 1.54) is 62.6 Å². The van der Waals surface area contributed by atoms with Crippen LogP contribution in [0.2, 0.25) is 0 Å². The number of hydrogen-bond acceptors (Lipinski definition) is 4. The van der Waals surface area contributed by atoms with Gasteiger partial charge in [-0.3, -0.25) is 0 Å². The average Bonchev–Trinajstić information content (AvgIpc) is 4.04. The number of fused-ring (bicyclic) bond motifs is 11. The maximum absolute atomic E-state index is 6.98. The van der Waals surface area contributed by atoms with Crippen molar-refractivity contribution in [3.05, 3.63) is 212 Å². The molecule has 3 aromatic heterocycles. The van der Waals surface area contributed by atoms with Crippen LogP contribution in [0.1, 0.15) is 0 Å². The molecule has 0 amide bonds. The first-order valence-electron chi connectivity index (χ1n) is 21.0. The largest absolute Gasteiger partial charge is 0.455 e. The summed E-state index contributed by atoms with van der Waals surface area (Å²) in [4.78, 5) is 2.51. The number of anilines is 3. The second-order valence-corrected chi connectivity index (χ2v) is 18.1. The van der Waals surface area contributed by atoms with Crippen LogP contribution in [0, 0.1) is 0 Å². The molecular weight excluding hydrogens is 791 g/mol. The van der Waals surface area contributed by atoms with Gasteiger partial charge in [0.15, 0.2) is 0 Å². The summed E-state index contributed by atoms with van der Waals surface area (Å²) in [5.74, 6) is 0. The number of rotatable bonds is 6. The molecule has 0 aliphatic heterocycles.